The Morgan fingerprint density at radius 1 is 1.21 bits per heavy atom. The van der Waals surface area contributed by atoms with Crippen molar-refractivity contribution in [3.05, 3.63) is 0 Å². The molecule has 0 radical (unpaired) electrons. The van der Waals surface area contributed by atoms with Gasteiger partial charge in [-0.2, -0.15) is 0 Å². The van der Waals surface area contributed by atoms with Crippen LogP contribution >= 0.6 is 0 Å². The second-order valence-electron chi connectivity index (χ2n) is 3.23. The molecule has 0 atom stereocenters. The molecule has 0 rings (SSSR count). The summed E-state index contributed by atoms with van der Waals surface area (Å²) in [5.41, 5.74) is 0. The highest BCUT2D eigenvalue weighted by Gasteiger charge is 1.96. The third kappa shape index (κ3) is 9.48. The van der Waals surface area contributed by atoms with Crippen LogP contribution in [0.25, 0.3) is 0 Å². The first-order valence-corrected chi connectivity index (χ1v) is 5.21. The summed E-state index contributed by atoms with van der Waals surface area (Å²) in [5, 5.41) is 5.89. The molecule has 84 valence electrons. The average Bonchev–Trinajstić information content (AvgIpc) is 2.21. The second kappa shape index (κ2) is 10.5. The van der Waals surface area contributed by atoms with Gasteiger partial charge in [0, 0.05) is 27.2 Å². The molecule has 0 spiro atoms. The normalized spacial score (nSPS) is 10.1. The Bertz CT molecular complexity index is 140. The third-order valence-corrected chi connectivity index (χ3v) is 1.99. The summed E-state index contributed by atoms with van der Waals surface area (Å²) in [4.78, 5) is 10.8. The predicted molar refractivity (Wildman–Crippen MR) is 57.3 cm³/mol. The fourth-order valence-electron chi connectivity index (χ4n) is 1.12. The molecule has 0 aliphatic rings. The summed E-state index contributed by atoms with van der Waals surface area (Å²) in [6.07, 6.45) is 3.75. The fourth-order valence-corrected chi connectivity index (χ4v) is 1.12. The lowest BCUT2D eigenvalue weighted by Crippen LogP contribution is -2.21. The molecule has 2 N–H and O–H groups in total. The van der Waals surface area contributed by atoms with Crippen LogP contribution in [0.4, 0.5) is 0 Å². The number of nitrogens with one attached hydrogen (secondary N) is 2. The van der Waals surface area contributed by atoms with Crippen molar-refractivity contribution in [1.29, 1.82) is 0 Å². The van der Waals surface area contributed by atoms with Crippen molar-refractivity contribution in [2.45, 2.75) is 25.7 Å². The number of ether oxygens (including phenoxy) is 1. The predicted octanol–water partition coefficient (Wildman–Crippen LogP) is 0.529. The average molecular weight is 202 g/mol. The quantitative estimate of drug-likeness (QED) is 0.536. The van der Waals surface area contributed by atoms with Crippen molar-refractivity contribution in [2.24, 2.45) is 0 Å². The summed E-state index contributed by atoms with van der Waals surface area (Å²) in [6, 6.07) is 0. The Morgan fingerprint density at radius 2 is 1.93 bits per heavy atom. The maximum absolute atomic E-state index is 10.8. The highest BCUT2D eigenvalue weighted by molar-refractivity contribution is 5.75. The summed E-state index contributed by atoms with van der Waals surface area (Å²) in [5.74, 6) is 0.117. The Kier molecular flexibility index (Phi) is 10.0. The second-order valence-corrected chi connectivity index (χ2v) is 3.23. The Balaban J connectivity index is 2.95. The number of rotatable bonds is 9. The molecule has 4 heteroatoms. The molecule has 1 amide bonds. The molecule has 0 aliphatic heterocycles. The number of hydrogen-bond donors (Lipinski definition) is 2. The number of unbranched alkanes of at least 4 members (excludes halogenated alkanes) is 1. The van der Waals surface area contributed by atoms with E-state index in [2.05, 4.69) is 10.6 Å². The highest BCUT2D eigenvalue weighted by Crippen LogP contribution is 1.89. The largest absolute Gasteiger partial charge is 0.385 e. The van der Waals surface area contributed by atoms with Crippen LogP contribution in [0, 0.1) is 0 Å². The van der Waals surface area contributed by atoms with Crippen molar-refractivity contribution in [2.75, 3.05) is 33.9 Å². The van der Waals surface area contributed by atoms with Gasteiger partial charge in [0.2, 0.25) is 5.91 Å². The zero-order valence-corrected chi connectivity index (χ0v) is 9.27. The molecule has 0 unspecified atom stereocenters. The highest BCUT2D eigenvalue weighted by atomic mass is 16.5. The summed E-state index contributed by atoms with van der Waals surface area (Å²) in [6.45, 7) is 2.76. The van der Waals surface area contributed by atoms with E-state index in [1.807, 2.05) is 0 Å². The van der Waals surface area contributed by atoms with Gasteiger partial charge in [0.05, 0.1) is 0 Å². The summed E-state index contributed by atoms with van der Waals surface area (Å²) >= 11 is 0. The lowest BCUT2D eigenvalue weighted by molar-refractivity contribution is -0.120. The lowest BCUT2D eigenvalue weighted by Gasteiger charge is -2.03. The van der Waals surface area contributed by atoms with Crippen molar-refractivity contribution >= 4 is 5.91 Å². The van der Waals surface area contributed by atoms with Crippen LogP contribution in [0.2, 0.25) is 0 Å². The number of carbonyl (C=O) groups excluding carboxylic acids is 1. The molecule has 0 fully saturated rings. The zero-order valence-electron chi connectivity index (χ0n) is 9.27. The van der Waals surface area contributed by atoms with Gasteiger partial charge in [-0.3, -0.25) is 4.79 Å². The Morgan fingerprint density at radius 3 is 2.57 bits per heavy atom. The van der Waals surface area contributed by atoms with E-state index >= 15 is 0 Å². The molecule has 0 aliphatic carbocycles. The van der Waals surface area contributed by atoms with Gasteiger partial charge in [0.15, 0.2) is 0 Å². The summed E-state index contributed by atoms with van der Waals surface area (Å²) in [7, 11) is 3.39. The van der Waals surface area contributed by atoms with E-state index in [1.165, 1.54) is 0 Å². The topological polar surface area (TPSA) is 50.4 Å². The van der Waals surface area contributed by atoms with Crippen molar-refractivity contribution in [3.8, 4) is 0 Å². The third-order valence-electron chi connectivity index (χ3n) is 1.99. The first-order valence-electron chi connectivity index (χ1n) is 5.21. The van der Waals surface area contributed by atoms with E-state index in [9.17, 15) is 4.79 Å². The first-order chi connectivity index (χ1) is 6.81. The Labute approximate surface area is 86.4 Å². The molecule has 14 heavy (non-hydrogen) atoms. The molecule has 0 aromatic carbocycles. The minimum atomic E-state index is 0.117. The molecular weight excluding hydrogens is 180 g/mol. The van der Waals surface area contributed by atoms with Gasteiger partial charge < -0.3 is 15.4 Å². The van der Waals surface area contributed by atoms with Crippen LogP contribution < -0.4 is 10.6 Å². The van der Waals surface area contributed by atoms with Crippen molar-refractivity contribution in [1.82, 2.24) is 10.6 Å². The summed E-state index contributed by atoms with van der Waals surface area (Å²) < 4.78 is 4.93. The minimum Gasteiger partial charge on any atom is -0.385 e. The van der Waals surface area contributed by atoms with Crippen LogP contribution in [-0.4, -0.2) is 39.8 Å². The van der Waals surface area contributed by atoms with Crippen LogP contribution in [-0.2, 0) is 9.53 Å². The number of methoxy groups -OCH3 is 1. The number of carbonyl (C=O) groups is 1. The maximum Gasteiger partial charge on any atom is 0.219 e. The molecule has 0 saturated heterocycles. The molecular formula is C10H22N2O2. The van der Waals surface area contributed by atoms with Crippen LogP contribution in [0.3, 0.4) is 0 Å². The van der Waals surface area contributed by atoms with Gasteiger partial charge in [-0.1, -0.05) is 0 Å². The monoisotopic (exact) mass is 202 g/mol. The van der Waals surface area contributed by atoms with Gasteiger partial charge in [-0.25, -0.2) is 0 Å². The van der Waals surface area contributed by atoms with Gasteiger partial charge in [-0.15, -0.1) is 0 Å². The van der Waals surface area contributed by atoms with Crippen LogP contribution in [0.1, 0.15) is 25.7 Å². The van der Waals surface area contributed by atoms with E-state index < -0.39 is 0 Å². The Hall–Kier alpha value is -0.610. The van der Waals surface area contributed by atoms with Crippen molar-refractivity contribution in [3.63, 3.8) is 0 Å². The molecule has 0 aromatic rings. The van der Waals surface area contributed by atoms with Gasteiger partial charge in [-0.05, 0) is 32.4 Å². The smallest absolute Gasteiger partial charge is 0.219 e. The van der Waals surface area contributed by atoms with Crippen LogP contribution in [0.15, 0.2) is 0 Å². The molecule has 0 heterocycles. The molecule has 0 saturated carbocycles. The SMILES string of the molecule is CNC(=O)CCCNCCCCOC. The van der Waals surface area contributed by atoms with Gasteiger partial charge in [0.25, 0.3) is 0 Å². The standard InChI is InChI=1S/C10H22N2O2/c1-11-10(13)6-5-8-12-7-3-4-9-14-2/h12H,3-9H2,1-2H3,(H,11,13). The zero-order chi connectivity index (χ0) is 10.6. The minimum absolute atomic E-state index is 0.117. The van der Waals surface area contributed by atoms with Gasteiger partial charge >= 0.3 is 0 Å². The van der Waals surface area contributed by atoms with E-state index in [-0.39, 0.29) is 5.91 Å². The molecule has 0 aromatic heterocycles. The van der Waals surface area contributed by atoms with E-state index in [0.29, 0.717) is 6.42 Å². The fraction of sp³-hybridized carbons (Fsp3) is 0.900. The number of hydrogen-bond acceptors (Lipinski definition) is 3. The maximum atomic E-state index is 10.8. The van der Waals surface area contributed by atoms with Crippen LogP contribution in [0.5, 0.6) is 0 Å². The van der Waals surface area contributed by atoms with E-state index in [1.54, 1.807) is 14.2 Å². The number of amides is 1. The van der Waals surface area contributed by atoms with E-state index in [4.69, 9.17) is 4.74 Å². The molecule has 4 nitrogen and oxygen atoms in total. The van der Waals surface area contributed by atoms with Gasteiger partial charge in [0.1, 0.15) is 0 Å². The van der Waals surface area contributed by atoms with Crippen molar-refractivity contribution < 1.29 is 9.53 Å². The first kappa shape index (κ1) is 13.4. The lowest BCUT2D eigenvalue weighted by atomic mass is 10.3. The molecule has 0 bridgehead atoms. The van der Waals surface area contributed by atoms with E-state index in [0.717, 1.165) is 39.0 Å².